The molecule has 0 fully saturated rings. The second-order valence-electron chi connectivity index (χ2n) is 8.14. The van der Waals surface area contributed by atoms with E-state index >= 15 is 0 Å². The highest BCUT2D eigenvalue weighted by atomic mass is 16.6. The molecule has 0 aliphatic carbocycles. The molecule has 0 saturated heterocycles. The summed E-state index contributed by atoms with van der Waals surface area (Å²) in [5.41, 5.74) is 7.32. The third kappa shape index (κ3) is 5.06. The summed E-state index contributed by atoms with van der Waals surface area (Å²) in [6, 6.07) is 29.9. The van der Waals surface area contributed by atoms with Crippen LogP contribution in [0.3, 0.4) is 0 Å². The van der Waals surface area contributed by atoms with Gasteiger partial charge in [0.05, 0.1) is 6.20 Å². The first-order valence-corrected chi connectivity index (χ1v) is 11.3. The number of aliphatic hydroxyl groups excluding tert-OH is 1. The third-order valence-corrected chi connectivity index (χ3v) is 5.81. The number of aliphatic hydroxyl groups is 1. The number of primary amides is 1. The molecule has 0 aliphatic rings. The maximum atomic E-state index is 12.6. The molecule has 1 heterocycles. The lowest BCUT2D eigenvalue weighted by molar-refractivity contribution is -0.125. The van der Waals surface area contributed by atoms with Crippen LogP contribution in [-0.4, -0.2) is 39.6 Å². The average molecular weight is 486 g/mol. The van der Waals surface area contributed by atoms with Crippen molar-refractivity contribution in [3.63, 3.8) is 0 Å². The van der Waals surface area contributed by atoms with E-state index in [2.05, 4.69) is 20.5 Å². The first kappa shape index (κ1) is 24.5. The average Bonchev–Trinajstić information content (AvgIpc) is 3.25. The fraction of sp³-hybridized carbons (Fsp3) is 0.148. The predicted octanol–water partition coefficient (Wildman–Crippen LogP) is 3.22. The van der Waals surface area contributed by atoms with Gasteiger partial charge < -0.3 is 26.2 Å². The van der Waals surface area contributed by atoms with Gasteiger partial charge in [0.2, 0.25) is 0 Å². The highest BCUT2D eigenvalue weighted by Crippen LogP contribution is 2.41. The Bertz CT molecular complexity index is 1210. The molecular weight excluding hydrogens is 458 g/mol. The van der Waals surface area contributed by atoms with Crippen LogP contribution in [0.1, 0.15) is 16.7 Å². The summed E-state index contributed by atoms with van der Waals surface area (Å²) >= 11 is 0. The Morgan fingerprint density at radius 3 is 1.86 bits per heavy atom. The van der Waals surface area contributed by atoms with Crippen molar-refractivity contribution < 1.29 is 19.4 Å². The molecule has 0 bridgehead atoms. The second-order valence-corrected chi connectivity index (χ2v) is 8.14. The fourth-order valence-electron chi connectivity index (χ4n) is 4.09. The number of carbonyl (C=O) groups is 2. The maximum Gasteiger partial charge on any atom is 0.404 e. The summed E-state index contributed by atoms with van der Waals surface area (Å²) in [4.78, 5) is 23.4. The predicted molar refractivity (Wildman–Crippen MR) is 136 cm³/mol. The van der Waals surface area contributed by atoms with Gasteiger partial charge in [0.25, 0.3) is 5.91 Å². The maximum absolute atomic E-state index is 12.6. The van der Waals surface area contributed by atoms with E-state index < -0.39 is 30.3 Å². The smallest absolute Gasteiger partial charge is 0.404 e. The molecule has 3 aromatic carbocycles. The van der Waals surface area contributed by atoms with Gasteiger partial charge in [-0.25, -0.2) is 4.79 Å². The summed E-state index contributed by atoms with van der Waals surface area (Å²) in [5, 5.41) is 20.7. The lowest BCUT2D eigenvalue weighted by Gasteiger charge is -2.38. The summed E-state index contributed by atoms with van der Waals surface area (Å²) in [5.74, 6) is -0.264. The first-order chi connectivity index (χ1) is 17.4. The Labute approximate surface area is 208 Å². The number of hydrogen-bond acceptors (Lipinski definition) is 6. The van der Waals surface area contributed by atoms with Gasteiger partial charge in [-0.05, 0) is 16.7 Å². The number of ether oxygens (including phenoxy) is 1. The van der Waals surface area contributed by atoms with Gasteiger partial charge >= 0.3 is 6.09 Å². The van der Waals surface area contributed by atoms with Crippen LogP contribution in [0, 0.1) is 0 Å². The fourth-order valence-corrected chi connectivity index (χ4v) is 4.09. The van der Waals surface area contributed by atoms with Crippen molar-refractivity contribution >= 4 is 23.5 Å². The molecule has 184 valence electrons. The van der Waals surface area contributed by atoms with Crippen molar-refractivity contribution in [2.45, 2.75) is 11.6 Å². The van der Waals surface area contributed by atoms with E-state index in [0.29, 0.717) is 11.5 Å². The van der Waals surface area contributed by atoms with E-state index in [1.807, 2.05) is 91.0 Å². The number of aryl methyl sites for hydroxylation is 1. The van der Waals surface area contributed by atoms with E-state index in [1.54, 1.807) is 11.7 Å². The van der Waals surface area contributed by atoms with Gasteiger partial charge in [-0.2, -0.15) is 5.10 Å². The summed E-state index contributed by atoms with van der Waals surface area (Å²) in [7, 11) is 1.75. The van der Waals surface area contributed by atoms with Crippen LogP contribution in [0.25, 0.3) is 0 Å². The molecule has 0 radical (unpaired) electrons. The van der Waals surface area contributed by atoms with Crippen LogP contribution in [-0.2, 0) is 22.1 Å². The largest absolute Gasteiger partial charge is 0.446 e. The summed E-state index contributed by atoms with van der Waals surface area (Å²) in [6.45, 7) is -0.563. The number of amides is 2. The number of anilines is 2. The molecule has 0 aliphatic heterocycles. The van der Waals surface area contributed by atoms with Gasteiger partial charge in [0.15, 0.2) is 6.10 Å². The molecule has 36 heavy (non-hydrogen) atoms. The number of nitrogens with zero attached hydrogens (tertiary/aromatic N) is 2. The van der Waals surface area contributed by atoms with Gasteiger partial charge in [-0.3, -0.25) is 9.48 Å². The highest BCUT2D eigenvalue weighted by molar-refractivity contribution is 5.96. The van der Waals surface area contributed by atoms with E-state index in [1.165, 1.54) is 6.20 Å². The molecule has 4 rings (SSSR count). The number of carbonyl (C=O) groups excluding carboxylic acids is 2. The lowest BCUT2D eigenvalue weighted by Crippen LogP contribution is -2.39. The Hall–Kier alpha value is -4.63. The van der Waals surface area contributed by atoms with Crippen LogP contribution in [0.4, 0.5) is 16.3 Å². The SMILES string of the molecule is Cn1ncc(NC(=O)C(O)COC(N)=O)c1NC(c1ccccc1)(c1ccccc1)c1ccccc1. The molecule has 0 saturated carbocycles. The molecule has 1 atom stereocenters. The van der Waals surface area contributed by atoms with Gasteiger partial charge in [0, 0.05) is 7.05 Å². The summed E-state index contributed by atoms with van der Waals surface area (Å²) < 4.78 is 6.15. The number of rotatable bonds is 9. The Morgan fingerprint density at radius 1 is 0.944 bits per heavy atom. The quantitative estimate of drug-likeness (QED) is 0.269. The van der Waals surface area contributed by atoms with Crippen LogP contribution >= 0.6 is 0 Å². The molecule has 1 aromatic heterocycles. The van der Waals surface area contributed by atoms with Crippen molar-refractivity contribution in [3.8, 4) is 0 Å². The monoisotopic (exact) mass is 485 g/mol. The van der Waals surface area contributed by atoms with Crippen molar-refractivity contribution in [1.82, 2.24) is 9.78 Å². The summed E-state index contributed by atoms with van der Waals surface area (Å²) in [6.07, 6.45) is -1.20. The van der Waals surface area contributed by atoms with Crippen LogP contribution in [0.15, 0.2) is 97.2 Å². The van der Waals surface area contributed by atoms with Gasteiger partial charge in [-0.1, -0.05) is 91.0 Å². The van der Waals surface area contributed by atoms with Crippen LogP contribution in [0.2, 0.25) is 0 Å². The minimum atomic E-state index is -1.60. The second kappa shape index (κ2) is 10.7. The first-order valence-electron chi connectivity index (χ1n) is 11.3. The Balaban J connectivity index is 1.80. The zero-order valence-corrected chi connectivity index (χ0v) is 19.7. The number of nitrogens with two attached hydrogens (primary N) is 1. The normalized spacial score (nSPS) is 11.9. The number of benzene rings is 3. The topological polar surface area (TPSA) is 132 Å². The lowest BCUT2D eigenvalue weighted by atomic mass is 9.77. The van der Waals surface area contributed by atoms with Gasteiger partial charge in [0.1, 0.15) is 23.7 Å². The van der Waals surface area contributed by atoms with E-state index in [-0.39, 0.29) is 0 Å². The molecule has 1 unspecified atom stereocenters. The Morgan fingerprint density at radius 2 is 1.42 bits per heavy atom. The molecule has 4 aromatic rings. The standard InChI is InChI=1S/C27H27N5O4/c1-32-24(22(17-29-32)30-25(34)23(33)18-36-26(28)35)31-27(19-11-5-2-6-12-19,20-13-7-3-8-14-20)21-15-9-4-10-16-21/h2-17,23,31,33H,18H2,1H3,(H2,28,35)(H,30,34). The highest BCUT2D eigenvalue weighted by Gasteiger charge is 2.38. The zero-order valence-electron chi connectivity index (χ0n) is 19.7. The minimum Gasteiger partial charge on any atom is -0.446 e. The number of nitrogens with one attached hydrogen (secondary N) is 2. The number of aromatic nitrogens is 2. The van der Waals surface area contributed by atoms with Crippen LogP contribution in [0.5, 0.6) is 0 Å². The van der Waals surface area contributed by atoms with Gasteiger partial charge in [-0.15, -0.1) is 0 Å². The zero-order chi connectivity index (χ0) is 25.5. The van der Waals surface area contributed by atoms with Crippen molar-refractivity contribution in [2.75, 3.05) is 17.2 Å². The van der Waals surface area contributed by atoms with Crippen molar-refractivity contribution in [1.29, 1.82) is 0 Å². The molecule has 2 amide bonds. The van der Waals surface area contributed by atoms with Crippen molar-refractivity contribution in [2.24, 2.45) is 12.8 Å². The van der Waals surface area contributed by atoms with E-state index in [4.69, 9.17) is 5.73 Å². The molecule has 9 nitrogen and oxygen atoms in total. The Kier molecular flexibility index (Phi) is 7.31. The minimum absolute atomic E-state index is 0.341. The van der Waals surface area contributed by atoms with E-state index in [9.17, 15) is 14.7 Å². The van der Waals surface area contributed by atoms with Crippen molar-refractivity contribution in [3.05, 3.63) is 114 Å². The molecule has 0 spiro atoms. The number of hydrogen-bond donors (Lipinski definition) is 4. The van der Waals surface area contributed by atoms with E-state index in [0.717, 1.165) is 16.7 Å². The van der Waals surface area contributed by atoms with Crippen LogP contribution < -0.4 is 16.4 Å². The third-order valence-electron chi connectivity index (χ3n) is 5.81. The molecule has 5 N–H and O–H groups in total. The molecular formula is C27H27N5O4. The molecule has 9 heteroatoms.